The molecule has 1 aliphatic rings. The van der Waals surface area contributed by atoms with Gasteiger partial charge in [0.25, 0.3) is 0 Å². The van der Waals surface area contributed by atoms with Crippen LogP contribution < -0.4 is 5.73 Å². The van der Waals surface area contributed by atoms with Crippen molar-refractivity contribution in [2.75, 3.05) is 25.6 Å². The monoisotopic (exact) mass is 425 g/mol. The topological polar surface area (TPSA) is 124 Å². The van der Waals surface area contributed by atoms with Crippen molar-refractivity contribution in [2.24, 2.45) is 0 Å². The molecule has 2 aromatic heterocycles. The Labute approximate surface area is 169 Å². The highest BCUT2D eigenvalue weighted by Gasteiger charge is 2.23. The maximum atomic E-state index is 12.8. The van der Waals surface area contributed by atoms with Gasteiger partial charge >= 0.3 is 7.60 Å². The lowest BCUT2D eigenvalue weighted by molar-refractivity contribution is -0.180. The zero-order valence-electron chi connectivity index (χ0n) is 16.8. The summed E-state index contributed by atoms with van der Waals surface area (Å²) in [7, 11) is -3.34. The van der Waals surface area contributed by atoms with E-state index in [9.17, 15) is 4.57 Å². The number of nitrogens with zero attached hydrogens (tertiary/aromatic N) is 4. The molecule has 0 amide bonds. The summed E-state index contributed by atoms with van der Waals surface area (Å²) in [5.74, 6) is 1.77. The van der Waals surface area contributed by atoms with Crippen molar-refractivity contribution in [3.8, 4) is 0 Å². The number of ether oxygens (including phenoxy) is 2. The molecule has 2 aromatic rings. The van der Waals surface area contributed by atoms with Gasteiger partial charge in [0.05, 0.1) is 32.2 Å². The summed E-state index contributed by atoms with van der Waals surface area (Å²) in [6, 6.07) is 0. The molecule has 1 saturated heterocycles. The van der Waals surface area contributed by atoms with E-state index in [1.54, 1.807) is 26.3 Å². The summed E-state index contributed by atoms with van der Waals surface area (Å²) in [6.07, 6.45) is 6.80. The van der Waals surface area contributed by atoms with E-state index in [0.717, 1.165) is 19.3 Å². The third-order valence-electron chi connectivity index (χ3n) is 4.37. The Kier molecular flexibility index (Phi) is 7.74. The fourth-order valence-electron chi connectivity index (χ4n) is 3.07. The maximum absolute atomic E-state index is 12.8. The average Bonchev–Trinajstić information content (AvgIpc) is 3.12. The number of nitrogens with two attached hydrogens (primary N) is 1. The van der Waals surface area contributed by atoms with E-state index in [2.05, 4.69) is 15.0 Å². The first-order valence-corrected chi connectivity index (χ1v) is 11.4. The zero-order chi connectivity index (χ0) is 20.7. The summed E-state index contributed by atoms with van der Waals surface area (Å²) in [5.41, 5.74) is 7.00. The molecule has 1 aliphatic heterocycles. The van der Waals surface area contributed by atoms with Gasteiger partial charge in [0, 0.05) is 12.4 Å². The van der Waals surface area contributed by atoms with Crippen molar-refractivity contribution in [3.05, 3.63) is 24.5 Å². The number of fused-ring (bicyclic) bond motifs is 1. The number of anilines is 1. The number of imidazole rings is 1. The molecule has 11 heteroatoms. The molecule has 0 aromatic carbocycles. The molecule has 0 saturated carbocycles. The normalized spacial score (nSPS) is 19.2. The van der Waals surface area contributed by atoms with Crippen molar-refractivity contribution >= 4 is 24.6 Å². The smallest absolute Gasteiger partial charge is 0.353 e. The minimum Gasteiger partial charge on any atom is -0.382 e. The van der Waals surface area contributed by atoms with Crippen molar-refractivity contribution in [2.45, 2.75) is 52.0 Å². The Morgan fingerprint density at radius 3 is 2.79 bits per heavy atom. The molecular weight excluding hydrogens is 397 g/mol. The van der Waals surface area contributed by atoms with Crippen molar-refractivity contribution in [3.63, 3.8) is 0 Å². The van der Waals surface area contributed by atoms with Crippen LogP contribution in [0, 0.1) is 0 Å². The lowest BCUT2D eigenvalue weighted by Crippen LogP contribution is -2.29. The van der Waals surface area contributed by atoms with E-state index in [-0.39, 0.29) is 19.5 Å². The highest BCUT2D eigenvalue weighted by molar-refractivity contribution is 7.57. The third kappa shape index (κ3) is 5.83. The second-order valence-electron chi connectivity index (χ2n) is 6.52. The quantitative estimate of drug-likeness (QED) is 0.572. The van der Waals surface area contributed by atoms with Gasteiger partial charge in [0.15, 0.2) is 17.8 Å². The summed E-state index contributed by atoms with van der Waals surface area (Å²) < 4.78 is 37.1. The summed E-state index contributed by atoms with van der Waals surface area (Å²) in [4.78, 5) is 12.5. The van der Waals surface area contributed by atoms with E-state index in [1.807, 2.05) is 4.57 Å². The number of aromatic nitrogens is 4. The van der Waals surface area contributed by atoms with Gasteiger partial charge in [-0.15, -0.1) is 0 Å². The van der Waals surface area contributed by atoms with Crippen LogP contribution in [0.4, 0.5) is 5.82 Å². The number of hydrogen-bond donors (Lipinski definition) is 1. The van der Waals surface area contributed by atoms with Crippen molar-refractivity contribution < 1.29 is 23.1 Å². The van der Waals surface area contributed by atoms with Crippen LogP contribution in [0.15, 0.2) is 24.5 Å². The fraction of sp³-hybridized carbons (Fsp3) is 0.611. The van der Waals surface area contributed by atoms with Crippen LogP contribution in [-0.4, -0.2) is 51.7 Å². The third-order valence-corrected chi connectivity index (χ3v) is 6.15. The standard InChI is InChI=1S/C18H28N5O5P/c1-3-26-29(24,27-4-2)10-8-14(28-15-7-5-6-9-25-15)11-23-13-22-16-17(19)20-12-21-18(16)23/h8,10,12-15H,3-7,9,11H2,1-2H3,(H2,19,20,21)/b10-8+/t14-,15+/m1/s1. The second kappa shape index (κ2) is 10.3. The molecule has 0 aliphatic carbocycles. The van der Waals surface area contributed by atoms with E-state index < -0.39 is 13.7 Å². The summed E-state index contributed by atoms with van der Waals surface area (Å²) in [6.45, 7) is 5.13. The molecule has 3 rings (SSSR count). The number of rotatable bonds is 10. The van der Waals surface area contributed by atoms with Crippen LogP contribution in [0.25, 0.3) is 11.2 Å². The Morgan fingerprint density at radius 2 is 2.10 bits per heavy atom. The van der Waals surface area contributed by atoms with Crippen LogP contribution in [0.3, 0.4) is 0 Å². The largest absolute Gasteiger partial charge is 0.382 e. The van der Waals surface area contributed by atoms with Gasteiger partial charge in [-0.1, -0.05) is 0 Å². The Hall–Kier alpha value is -1.84. The Morgan fingerprint density at radius 1 is 1.31 bits per heavy atom. The summed E-state index contributed by atoms with van der Waals surface area (Å²) in [5, 5.41) is 0. The molecule has 0 spiro atoms. The van der Waals surface area contributed by atoms with Crippen LogP contribution in [0.2, 0.25) is 0 Å². The van der Waals surface area contributed by atoms with Gasteiger partial charge in [-0.25, -0.2) is 15.0 Å². The molecule has 0 unspecified atom stereocenters. The van der Waals surface area contributed by atoms with Gasteiger partial charge < -0.3 is 28.8 Å². The van der Waals surface area contributed by atoms with Gasteiger partial charge in [-0.3, -0.25) is 4.57 Å². The highest BCUT2D eigenvalue weighted by Crippen LogP contribution is 2.49. The van der Waals surface area contributed by atoms with Gasteiger partial charge in [0.2, 0.25) is 0 Å². The Bertz CT molecular complexity index is 857. The molecule has 0 radical (unpaired) electrons. The zero-order valence-corrected chi connectivity index (χ0v) is 17.7. The van der Waals surface area contributed by atoms with Crippen LogP contribution in [0.5, 0.6) is 0 Å². The predicted octanol–water partition coefficient (Wildman–Crippen LogP) is 3.10. The summed E-state index contributed by atoms with van der Waals surface area (Å²) >= 11 is 0. The number of nitrogen functional groups attached to an aromatic ring is 1. The van der Waals surface area contributed by atoms with Crippen LogP contribution in [-0.2, 0) is 29.6 Å². The van der Waals surface area contributed by atoms with Gasteiger partial charge in [-0.2, -0.15) is 0 Å². The van der Waals surface area contributed by atoms with E-state index >= 15 is 0 Å². The fourth-order valence-corrected chi connectivity index (χ4v) is 4.44. The molecular formula is C18H28N5O5P. The lowest BCUT2D eigenvalue weighted by Gasteiger charge is -2.27. The van der Waals surface area contributed by atoms with Crippen LogP contribution in [0.1, 0.15) is 33.1 Å². The van der Waals surface area contributed by atoms with E-state index in [4.69, 9.17) is 24.3 Å². The first kappa shape index (κ1) is 21.9. The molecule has 29 heavy (non-hydrogen) atoms. The number of hydrogen-bond acceptors (Lipinski definition) is 9. The molecule has 160 valence electrons. The molecule has 1 fully saturated rings. The van der Waals surface area contributed by atoms with Gasteiger partial charge in [-0.05, 0) is 39.2 Å². The van der Waals surface area contributed by atoms with Crippen molar-refractivity contribution in [1.82, 2.24) is 19.5 Å². The second-order valence-corrected chi connectivity index (χ2v) is 8.41. The minimum absolute atomic E-state index is 0.279. The predicted molar refractivity (Wildman–Crippen MR) is 108 cm³/mol. The molecule has 10 nitrogen and oxygen atoms in total. The first-order valence-electron chi connectivity index (χ1n) is 9.81. The SMILES string of the molecule is CCOP(=O)(/C=C/[C@H](Cn1cnc2c(N)ncnc21)O[C@H]1CCCCO1)OCC. The van der Waals surface area contributed by atoms with E-state index in [1.165, 1.54) is 12.1 Å². The molecule has 3 heterocycles. The van der Waals surface area contributed by atoms with Crippen molar-refractivity contribution in [1.29, 1.82) is 0 Å². The average molecular weight is 425 g/mol. The highest BCUT2D eigenvalue weighted by atomic mass is 31.2. The van der Waals surface area contributed by atoms with Crippen LogP contribution >= 0.6 is 7.60 Å². The lowest BCUT2D eigenvalue weighted by atomic mass is 10.2. The van der Waals surface area contributed by atoms with E-state index in [0.29, 0.717) is 30.1 Å². The Balaban J connectivity index is 1.82. The van der Waals surface area contributed by atoms with Gasteiger partial charge in [0.1, 0.15) is 11.8 Å². The molecule has 2 atom stereocenters. The molecule has 0 bridgehead atoms. The molecule has 2 N–H and O–H groups in total. The first-order chi connectivity index (χ1) is 14.0. The maximum Gasteiger partial charge on any atom is 0.353 e. The minimum atomic E-state index is -3.34.